The smallest absolute Gasteiger partial charge is 0.338 e. The fourth-order valence-corrected chi connectivity index (χ4v) is 4.20. The molecule has 0 saturated heterocycles. The fraction of sp³-hybridized carbons (Fsp3) is 0.611. The summed E-state index contributed by atoms with van der Waals surface area (Å²) in [6.45, 7) is 1.71. The van der Waals surface area contributed by atoms with Crippen LogP contribution in [0.5, 0.6) is 0 Å². The number of nitrogens with one attached hydrogen (secondary N) is 1. The van der Waals surface area contributed by atoms with E-state index in [0.29, 0.717) is 5.92 Å². The fourth-order valence-electron chi connectivity index (χ4n) is 4.20. The van der Waals surface area contributed by atoms with E-state index in [9.17, 15) is 14.4 Å². The number of rotatable bonds is 5. The molecule has 1 aromatic heterocycles. The molecular formula is C18H24N2O4. The highest BCUT2D eigenvalue weighted by atomic mass is 16.5. The van der Waals surface area contributed by atoms with Crippen molar-refractivity contribution in [2.75, 3.05) is 6.61 Å². The van der Waals surface area contributed by atoms with Crippen LogP contribution in [0.1, 0.15) is 43.0 Å². The van der Waals surface area contributed by atoms with Crippen LogP contribution in [0.4, 0.5) is 0 Å². The molecule has 6 heteroatoms. The van der Waals surface area contributed by atoms with Crippen LogP contribution < -0.4 is 10.9 Å². The third kappa shape index (κ3) is 3.52. The van der Waals surface area contributed by atoms with Gasteiger partial charge in [0, 0.05) is 25.4 Å². The average Bonchev–Trinajstić information content (AvgIpc) is 3.18. The van der Waals surface area contributed by atoms with Crippen molar-refractivity contribution in [2.45, 2.75) is 38.6 Å². The standard InChI is InChI=1S/C18H24N2O4/c1-11(15-8-12-3-4-13(15)7-12)19-16(21)10-24-18(23)14-5-6-20(2)17(22)9-14/h5-6,9,11-13,15H,3-4,7-8,10H2,1-2H3,(H,19,21)/t11-,12-,13-,15+/m0/s1. The second-order valence-corrected chi connectivity index (χ2v) is 7.14. The molecule has 2 saturated carbocycles. The number of amides is 1. The summed E-state index contributed by atoms with van der Waals surface area (Å²) in [4.78, 5) is 35.4. The van der Waals surface area contributed by atoms with Gasteiger partial charge in [0.15, 0.2) is 6.61 Å². The van der Waals surface area contributed by atoms with E-state index in [0.717, 1.165) is 11.8 Å². The Balaban J connectivity index is 1.47. The van der Waals surface area contributed by atoms with Gasteiger partial charge in [-0.3, -0.25) is 9.59 Å². The first-order chi connectivity index (χ1) is 11.4. The van der Waals surface area contributed by atoms with Gasteiger partial charge in [-0.25, -0.2) is 4.79 Å². The van der Waals surface area contributed by atoms with Gasteiger partial charge in [-0.05, 0) is 50.0 Å². The Morgan fingerprint density at radius 3 is 2.79 bits per heavy atom. The van der Waals surface area contributed by atoms with E-state index in [2.05, 4.69) is 5.32 Å². The van der Waals surface area contributed by atoms with Crippen molar-refractivity contribution in [2.24, 2.45) is 24.8 Å². The minimum Gasteiger partial charge on any atom is -0.452 e. The molecule has 3 rings (SSSR count). The normalized spacial score (nSPS) is 26.2. The third-order valence-corrected chi connectivity index (χ3v) is 5.50. The highest BCUT2D eigenvalue weighted by molar-refractivity contribution is 5.91. The summed E-state index contributed by atoms with van der Waals surface area (Å²) >= 11 is 0. The SMILES string of the molecule is C[C@H](NC(=O)COC(=O)c1ccn(C)c(=O)c1)[C@H]1C[C@H]2CC[C@H]1C2. The Morgan fingerprint density at radius 2 is 2.17 bits per heavy atom. The maximum atomic E-state index is 12.0. The Labute approximate surface area is 141 Å². The Bertz CT molecular complexity index is 697. The molecule has 2 bridgehead atoms. The summed E-state index contributed by atoms with van der Waals surface area (Å²) < 4.78 is 6.37. The van der Waals surface area contributed by atoms with Gasteiger partial charge >= 0.3 is 5.97 Å². The molecule has 0 unspecified atom stereocenters. The number of esters is 1. The number of nitrogens with zero attached hydrogens (tertiary/aromatic N) is 1. The van der Waals surface area contributed by atoms with Gasteiger partial charge in [0.25, 0.3) is 11.5 Å². The lowest BCUT2D eigenvalue weighted by atomic mass is 9.84. The molecule has 2 fully saturated rings. The molecule has 24 heavy (non-hydrogen) atoms. The molecular weight excluding hydrogens is 308 g/mol. The number of carbonyl (C=O) groups excluding carboxylic acids is 2. The first kappa shape index (κ1) is 16.7. The summed E-state index contributed by atoms with van der Waals surface area (Å²) in [5.41, 5.74) is -0.133. The van der Waals surface area contributed by atoms with E-state index in [1.54, 1.807) is 7.05 Å². The molecule has 1 aromatic rings. The van der Waals surface area contributed by atoms with Crippen LogP contribution in [0.25, 0.3) is 0 Å². The summed E-state index contributed by atoms with van der Waals surface area (Å²) in [6, 6.07) is 2.81. The zero-order valence-corrected chi connectivity index (χ0v) is 14.2. The molecule has 0 radical (unpaired) electrons. The molecule has 1 N–H and O–H groups in total. The van der Waals surface area contributed by atoms with Gasteiger partial charge in [-0.15, -0.1) is 0 Å². The first-order valence-electron chi connectivity index (χ1n) is 8.57. The maximum Gasteiger partial charge on any atom is 0.338 e. The largest absolute Gasteiger partial charge is 0.452 e. The number of ether oxygens (including phenoxy) is 1. The van der Waals surface area contributed by atoms with Crippen LogP contribution in [0, 0.1) is 17.8 Å². The number of hydrogen-bond donors (Lipinski definition) is 1. The van der Waals surface area contributed by atoms with E-state index in [1.807, 2.05) is 6.92 Å². The van der Waals surface area contributed by atoms with Gasteiger partial charge in [0.1, 0.15) is 0 Å². The van der Waals surface area contributed by atoms with Gasteiger partial charge in [-0.2, -0.15) is 0 Å². The Kier molecular flexibility index (Phi) is 4.73. The van der Waals surface area contributed by atoms with E-state index < -0.39 is 5.97 Å². The van der Waals surface area contributed by atoms with Crippen molar-refractivity contribution in [1.82, 2.24) is 9.88 Å². The second-order valence-electron chi connectivity index (χ2n) is 7.14. The van der Waals surface area contributed by atoms with E-state index in [1.165, 1.54) is 48.6 Å². The number of carbonyl (C=O) groups is 2. The predicted molar refractivity (Wildman–Crippen MR) is 88.5 cm³/mol. The lowest BCUT2D eigenvalue weighted by molar-refractivity contribution is -0.125. The maximum absolute atomic E-state index is 12.0. The summed E-state index contributed by atoms with van der Waals surface area (Å²) in [6.07, 6.45) is 6.59. The van der Waals surface area contributed by atoms with Gasteiger partial charge < -0.3 is 14.6 Å². The summed E-state index contributed by atoms with van der Waals surface area (Å²) in [5.74, 6) is 1.16. The minimum absolute atomic E-state index is 0.107. The lowest BCUT2D eigenvalue weighted by Gasteiger charge is -2.28. The second kappa shape index (κ2) is 6.79. The van der Waals surface area contributed by atoms with Gasteiger partial charge in [0.2, 0.25) is 0 Å². The highest BCUT2D eigenvalue weighted by Gasteiger charge is 2.42. The quantitative estimate of drug-likeness (QED) is 0.829. The van der Waals surface area contributed by atoms with Crippen molar-refractivity contribution in [3.05, 3.63) is 34.2 Å². The van der Waals surface area contributed by atoms with Crippen molar-refractivity contribution in [1.29, 1.82) is 0 Å². The zero-order valence-electron chi connectivity index (χ0n) is 14.2. The van der Waals surface area contributed by atoms with Crippen LogP contribution in [0.3, 0.4) is 0 Å². The molecule has 2 aliphatic carbocycles. The molecule has 1 amide bonds. The molecule has 0 aromatic carbocycles. The van der Waals surface area contributed by atoms with Crippen LogP contribution in [-0.2, 0) is 16.6 Å². The topological polar surface area (TPSA) is 77.4 Å². The number of fused-ring (bicyclic) bond motifs is 2. The van der Waals surface area contributed by atoms with Crippen LogP contribution in [0.2, 0.25) is 0 Å². The monoisotopic (exact) mass is 332 g/mol. The van der Waals surface area contributed by atoms with Crippen molar-refractivity contribution < 1.29 is 14.3 Å². The van der Waals surface area contributed by atoms with Crippen LogP contribution in [0.15, 0.2) is 23.1 Å². The Hall–Kier alpha value is -2.11. The van der Waals surface area contributed by atoms with Gasteiger partial charge in [0.05, 0.1) is 5.56 Å². The Morgan fingerprint density at radius 1 is 1.38 bits per heavy atom. The molecule has 2 aliphatic rings. The van der Waals surface area contributed by atoms with Crippen molar-refractivity contribution in [3.8, 4) is 0 Å². The van der Waals surface area contributed by atoms with Crippen molar-refractivity contribution >= 4 is 11.9 Å². The number of aromatic nitrogens is 1. The highest BCUT2D eigenvalue weighted by Crippen LogP contribution is 2.49. The summed E-state index contributed by atoms with van der Waals surface area (Å²) in [7, 11) is 1.60. The van der Waals surface area contributed by atoms with Crippen molar-refractivity contribution in [3.63, 3.8) is 0 Å². The number of hydrogen-bond acceptors (Lipinski definition) is 4. The molecule has 0 aliphatic heterocycles. The predicted octanol–water partition coefficient (Wildman–Crippen LogP) is 1.48. The van der Waals surface area contributed by atoms with E-state index >= 15 is 0 Å². The number of pyridine rings is 1. The van der Waals surface area contributed by atoms with Crippen LogP contribution in [-0.4, -0.2) is 29.1 Å². The van der Waals surface area contributed by atoms with Gasteiger partial charge in [-0.1, -0.05) is 6.42 Å². The lowest BCUT2D eigenvalue weighted by Crippen LogP contribution is -2.42. The third-order valence-electron chi connectivity index (χ3n) is 5.50. The molecule has 0 spiro atoms. The molecule has 1 heterocycles. The van der Waals surface area contributed by atoms with E-state index in [-0.39, 0.29) is 29.7 Å². The minimum atomic E-state index is -0.657. The zero-order chi connectivity index (χ0) is 17.3. The summed E-state index contributed by atoms with van der Waals surface area (Å²) in [5, 5.41) is 2.95. The first-order valence-corrected chi connectivity index (χ1v) is 8.57. The molecule has 130 valence electrons. The van der Waals surface area contributed by atoms with E-state index in [4.69, 9.17) is 4.74 Å². The van der Waals surface area contributed by atoms with Crippen LogP contribution >= 0.6 is 0 Å². The average molecular weight is 332 g/mol. The molecule has 6 nitrogen and oxygen atoms in total. The molecule has 4 atom stereocenters. The number of aryl methyl sites for hydroxylation is 1.